The van der Waals surface area contributed by atoms with Crippen molar-refractivity contribution in [2.75, 3.05) is 6.61 Å². The summed E-state index contributed by atoms with van der Waals surface area (Å²) in [5.41, 5.74) is 2.72. The normalized spacial score (nSPS) is 13.3. The van der Waals surface area contributed by atoms with Crippen LogP contribution in [0, 0.1) is 28.6 Å². The van der Waals surface area contributed by atoms with Crippen LogP contribution >= 0.6 is 0 Å². The summed E-state index contributed by atoms with van der Waals surface area (Å²) in [6.45, 7) is 14.5. The highest BCUT2D eigenvalue weighted by atomic mass is 16.5. The van der Waals surface area contributed by atoms with Crippen LogP contribution in [-0.4, -0.2) is 50.9 Å². The van der Waals surface area contributed by atoms with E-state index in [1.165, 1.54) is 16.7 Å². The molecule has 4 N–H and O–H groups in total. The lowest BCUT2D eigenvalue weighted by molar-refractivity contribution is -0.150. The van der Waals surface area contributed by atoms with E-state index >= 15 is 0 Å². The molecule has 2 aromatic rings. The zero-order chi connectivity index (χ0) is 42.2. The second kappa shape index (κ2) is 22.2. The molecular formula is C47H72O9. The van der Waals surface area contributed by atoms with Crippen LogP contribution in [-0.2, 0) is 44.9 Å². The van der Waals surface area contributed by atoms with E-state index in [-0.39, 0.29) is 6.61 Å². The molecule has 0 heterocycles. The lowest BCUT2D eigenvalue weighted by Gasteiger charge is -2.26. The maximum Gasteiger partial charge on any atom is 0.312 e. The van der Waals surface area contributed by atoms with Crippen molar-refractivity contribution in [2.45, 2.75) is 171 Å². The van der Waals surface area contributed by atoms with E-state index in [1.807, 2.05) is 12.1 Å². The Morgan fingerprint density at radius 3 is 1.34 bits per heavy atom. The molecule has 0 radical (unpaired) electrons. The smallest absolute Gasteiger partial charge is 0.312 e. The predicted molar refractivity (Wildman–Crippen MR) is 223 cm³/mol. The molecule has 0 aliphatic carbocycles. The lowest BCUT2D eigenvalue weighted by atomic mass is 9.84. The number of carboxylic acids is 4. The Bertz CT molecular complexity index is 1590. The molecule has 0 saturated carbocycles. The highest BCUT2D eigenvalue weighted by Gasteiger charge is 2.34. The summed E-state index contributed by atoms with van der Waals surface area (Å²) in [5.74, 6) is -2.57. The van der Waals surface area contributed by atoms with Crippen LogP contribution in [0.2, 0.25) is 0 Å². The standard InChI is InChI=1S/C47H72O9/c1-34-21-19-24-35(37(34)26-13-17-30-45(4,5)41(50)51)22-12-10-16-32-47(8,43(54)55)33-56-39-28-20-25-36(23-11-9-15-29-44(2,3)40(48)49)38(39)27-14-18-31-46(6,7)42(52)53/h19-21,24-25,28H,9-18,22-23,26-27,29-33H2,1-8H3,(H,48,49)(H,50,51)(H,52,53)(H,54,55). The van der Waals surface area contributed by atoms with Crippen LogP contribution in [0.5, 0.6) is 5.75 Å². The minimum Gasteiger partial charge on any atom is -0.492 e. The molecule has 314 valence electrons. The van der Waals surface area contributed by atoms with Crippen LogP contribution in [0.25, 0.3) is 0 Å². The highest BCUT2D eigenvalue weighted by Crippen LogP contribution is 2.33. The zero-order valence-electron chi connectivity index (χ0n) is 35.7. The van der Waals surface area contributed by atoms with E-state index in [2.05, 4.69) is 31.2 Å². The summed E-state index contributed by atoms with van der Waals surface area (Å²) in [6.07, 6.45) is 14.1. The second-order valence-electron chi connectivity index (χ2n) is 18.4. The molecule has 0 bridgehead atoms. The number of rotatable bonds is 29. The summed E-state index contributed by atoms with van der Waals surface area (Å²) in [6, 6.07) is 12.3. The second-order valence-corrected chi connectivity index (χ2v) is 18.4. The first kappa shape index (κ1) is 48.3. The molecule has 0 aliphatic heterocycles. The summed E-state index contributed by atoms with van der Waals surface area (Å²) in [7, 11) is 0. The Morgan fingerprint density at radius 2 is 0.875 bits per heavy atom. The Balaban J connectivity index is 2.05. The maximum absolute atomic E-state index is 12.7. The number of carbonyl (C=O) groups is 4. The van der Waals surface area contributed by atoms with E-state index < -0.39 is 45.5 Å². The molecule has 1 atom stereocenters. The molecular weight excluding hydrogens is 709 g/mol. The molecule has 0 saturated heterocycles. The fourth-order valence-electron chi connectivity index (χ4n) is 7.22. The molecule has 0 amide bonds. The third-order valence-electron chi connectivity index (χ3n) is 11.9. The molecule has 9 nitrogen and oxygen atoms in total. The zero-order valence-corrected chi connectivity index (χ0v) is 35.7. The van der Waals surface area contributed by atoms with Crippen molar-refractivity contribution in [2.24, 2.45) is 21.7 Å². The minimum absolute atomic E-state index is 0.0375. The fourth-order valence-corrected chi connectivity index (χ4v) is 7.22. The van der Waals surface area contributed by atoms with E-state index in [1.54, 1.807) is 48.5 Å². The van der Waals surface area contributed by atoms with Crippen molar-refractivity contribution in [3.63, 3.8) is 0 Å². The monoisotopic (exact) mass is 781 g/mol. The fraction of sp³-hybridized carbons (Fsp3) is 0.660. The first-order valence-corrected chi connectivity index (χ1v) is 20.9. The Hall–Kier alpha value is -3.88. The summed E-state index contributed by atoms with van der Waals surface area (Å²) in [5, 5.41) is 38.9. The number of aryl methyl sites for hydroxylation is 3. The number of carboxylic acid groups (broad SMARTS) is 4. The third kappa shape index (κ3) is 15.6. The largest absolute Gasteiger partial charge is 0.492 e. The third-order valence-corrected chi connectivity index (χ3v) is 11.9. The predicted octanol–water partition coefficient (Wildman–Crippen LogP) is 11.1. The van der Waals surface area contributed by atoms with Gasteiger partial charge in [-0.25, -0.2) is 0 Å². The molecule has 0 fully saturated rings. The number of hydrogen-bond acceptors (Lipinski definition) is 5. The number of aliphatic carboxylic acids is 4. The van der Waals surface area contributed by atoms with E-state index in [0.29, 0.717) is 37.9 Å². The van der Waals surface area contributed by atoms with Gasteiger partial charge in [0.25, 0.3) is 0 Å². The van der Waals surface area contributed by atoms with Crippen molar-refractivity contribution in [3.05, 3.63) is 64.2 Å². The molecule has 2 aromatic carbocycles. The van der Waals surface area contributed by atoms with E-state index in [4.69, 9.17) is 4.74 Å². The first-order valence-electron chi connectivity index (χ1n) is 20.9. The van der Waals surface area contributed by atoms with Gasteiger partial charge in [0.2, 0.25) is 0 Å². The van der Waals surface area contributed by atoms with Crippen molar-refractivity contribution in [1.82, 2.24) is 0 Å². The number of unbranched alkanes of at least 4 members (excludes halogenated alkanes) is 6. The van der Waals surface area contributed by atoms with Crippen LogP contribution < -0.4 is 4.74 Å². The van der Waals surface area contributed by atoms with Gasteiger partial charge >= 0.3 is 23.9 Å². The summed E-state index contributed by atoms with van der Waals surface area (Å²) >= 11 is 0. The van der Waals surface area contributed by atoms with E-state index in [9.17, 15) is 39.6 Å². The topological polar surface area (TPSA) is 158 Å². The molecule has 0 spiro atoms. The minimum atomic E-state index is -1.08. The average Bonchev–Trinajstić information content (AvgIpc) is 3.11. The molecule has 0 aromatic heterocycles. The molecule has 9 heteroatoms. The first-order chi connectivity index (χ1) is 26.1. The van der Waals surface area contributed by atoms with Gasteiger partial charge in [-0.3, -0.25) is 19.2 Å². The van der Waals surface area contributed by atoms with Crippen LogP contribution in [0.4, 0.5) is 0 Å². The SMILES string of the molecule is Cc1cccc(CCCCCC(C)(COc2cccc(CCCCCC(C)(C)C(=O)O)c2CCCCC(C)(C)C(=O)O)C(=O)O)c1CCCCC(C)(C)C(=O)O. The van der Waals surface area contributed by atoms with Gasteiger partial charge < -0.3 is 25.2 Å². The van der Waals surface area contributed by atoms with Crippen molar-refractivity contribution < 1.29 is 44.3 Å². The quantitative estimate of drug-likeness (QED) is 0.0589. The lowest BCUT2D eigenvalue weighted by Crippen LogP contribution is -2.34. The summed E-state index contributed by atoms with van der Waals surface area (Å²) in [4.78, 5) is 47.4. The van der Waals surface area contributed by atoms with Gasteiger partial charge in [0, 0.05) is 0 Å². The van der Waals surface area contributed by atoms with Gasteiger partial charge in [-0.2, -0.15) is 0 Å². The van der Waals surface area contributed by atoms with Crippen LogP contribution in [0.15, 0.2) is 36.4 Å². The summed E-state index contributed by atoms with van der Waals surface area (Å²) < 4.78 is 6.40. The van der Waals surface area contributed by atoms with Gasteiger partial charge in [0.05, 0.1) is 21.7 Å². The number of benzene rings is 2. The van der Waals surface area contributed by atoms with E-state index in [0.717, 1.165) is 94.6 Å². The molecule has 0 aliphatic rings. The van der Waals surface area contributed by atoms with Crippen molar-refractivity contribution in [1.29, 1.82) is 0 Å². The van der Waals surface area contributed by atoms with Gasteiger partial charge in [-0.15, -0.1) is 0 Å². The average molecular weight is 781 g/mol. The van der Waals surface area contributed by atoms with Gasteiger partial charge in [-0.05, 0) is 166 Å². The van der Waals surface area contributed by atoms with Crippen molar-refractivity contribution >= 4 is 23.9 Å². The number of hydrogen-bond donors (Lipinski definition) is 4. The Labute approximate surface area is 336 Å². The van der Waals surface area contributed by atoms with Gasteiger partial charge in [-0.1, -0.05) is 68.9 Å². The van der Waals surface area contributed by atoms with Crippen LogP contribution in [0.1, 0.15) is 166 Å². The molecule has 2 rings (SSSR count). The maximum atomic E-state index is 12.7. The van der Waals surface area contributed by atoms with Crippen molar-refractivity contribution in [3.8, 4) is 5.75 Å². The van der Waals surface area contributed by atoms with Gasteiger partial charge in [0.15, 0.2) is 0 Å². The highest BCUT2D eigenvalue weighted by molar-refractivity contribution is 5.75. The Morgan fingerprint density at radius 1 is 0.482 bits per heavy atom. The van der Waals surface area contributed by atoms with Crippen LogP contribution in [0.3, 0.4) is 0 Å². The van der Waals surface area contributed by atoms with Gasteiger partial charge in [0.1, 0.15) is 12.4 Å². The Kier molecular flexibility index (Phi) is 19.1. The molecule has 1 unspecified atom stereocenters. The number of ether oxygens (including phenoxy) is 1. The molecule has 56 heavy (non-hydrogen) atoms.